The second-order valence-electron chi connectivity index (χ2n) is 6.25. The van der Waals surface area contributed by atoms with Gasteiger partial charge in [-0.05, 0) is 12.1 Å². The van der Waals surface area contributed by atoms with E-state index in [0.717, 1.165) is 12.3 Å². The number of amides is 1. The molecule has 162 valence electrons. The SMILES string of the molecule is O=C(NCCn1cc([N+](=O)[O-])cn1)c1cc(S(=O)(=O)N2CCOCC2)c(Cl)cc1Cl. The highest BCUT2D eigenvalue weighted by Gasteiger charge is 2.30. The molecule has 1 aromatic heterocycles. The van der Waals surface area contributed by atoms with E-state index in [1.165, 1.54) is 21.3 Å². The highest BCUT2D eigenvalue weighted by molar-refractivity contribution is 7.89. The lowest BCUT2D eigenvalue weighted by molar-refractivity contribution is -0.385. The Bertz CT molecular complexity index is 1070. The van der Waals surface area contributed by atoms with Gasteiger partial charge in [-0.3, -0.25) is 19.6 Å². The zero-order valence-corrected chi connectivity index (χ0v) is 17.8. The van der Waals surface area contributed by atoms with Crippen LogP contribution in [0.15, 0.2) is 29.4 Å². The Hall–Kier alpha value is -2.25. The Labute approximate surface area is 181 Å². The van der Waals surface area contributed by atoms with Crippen molar-refractivity contribution in [2.24, 2.45) is 0 Å². The van der Waals surface area contributed by atoms with Gasteiger partial charge in [0.1, 0.15) is 17.3 Å². The molecule has 1 amide bonds. The topological polar surface area (TPSA) is 137 Å². The van der Waals surface area contributed by atoms with E-state index in [1.807, 2.05) is 0 Å². The molecule has 1 aromatic carbocycles. The average molecular weight is 478 g/mol. The lowest BCUT2D eigenvalue weighted by Gasteiger charge is -2.26. The van der Waals surface area contributed by atoms with Crippen molar-refractivity contribution in [3.63, 3.8) is 0 Å². The van der Waals surface area contributed by atoms with Crippen LogP contribution < -0.4 is 5.32 Å². The highest BCUT2D eigenvalue weighted by Crippen LogP contribution is 2.31. The Morgan fingerprint density at radius 3 is 2.60 bits per heavy atom. The number of hydrogen-bond acceptors (Lipinski definition) is 7. The van der Waals surface area contributed by atoms with Crippen molar-refractivity contribution in [3.05, 3.63) is 50.2 Å². The van der Waals surface area contributed by atoms with Gasteiger partial charge in [0, 0.05) is 19.6 Å². The monoisotopic (exact) mass is 477 g/mol. The van der Waals surface area contributed by atoms with Crippen LogP contribution >= 0.6 is 23.2 Å². The van der Waals surface area contributed by atoms with Crippen LogP contribution in [0.5, 0.6) is 0 Å². The maximum atomic E-state index is 12.9. The van der Waals surface area contributed by atoms with Crippen LogP contribution in [0.1, 0.15) is 10.4 Å². The van der Waals surface area contributed by atoms with Crippen molar-refractivity contribution in [3.8, 4) is 0 Å². The second kappa shape index (κ2) is 9.27. The maximum Gasteiger partial charge on any atom is 0.306 e. The van der Waals surface area contributed by atoms with E-state index in [0.29, 0.717) is 0 Å². The van der Waals surface area contributed by atoms with Gasteiger partial charge in [0.2, 0.25) is 10.0 Å². The summed E-state index contributed by atoms with van der Waals surface area (Å²) in [4.78, 5) is 22.4. The summed E-state index contributed by atoms with van der Waals surface area (Å²) >= 11 is 12.2. The lowest BCUT2D eigenvalue weighted by atomic mass is 10.2. The molecule has 0 radical (unpaired) electrons. The molecule has 1 fully saturated rings. The number of nitrogens with one attached hydrogen (secondary N) is 1. The minimum Gasteiger partial charge on any atom is -0.379 e. The van der Waals surface area contributed by atoms with E-state index in [2.05, 4.69) is 10.4 Å². The molecule has 0 saturated carbocycles. The molecule has 2 heterocycles. The van der Waals surface area contributed by atoms with E-state index in [9.17, 15) is 23.3 Å². The summed E-state index contributed by atoms with van der Waals surface area (Å²) in [6.07, 6.45) is 2.33. The minimum atomic E-state index is -3.93. The van der Waals surface area contributed by atoms with Crippen LogP contribution in [0.2, 0.25) is 10.0 Å². The summed E-state index contributed by atoms with van der Waals surface area (Å²) in [5.41, 5.74) is -0.223. The number of rotatable bonds is 7. The predicted octanol–water partition coefficient (Wildman–Crippen LogP) is 1.55. The van der Waals surface area contributed by atoms with E-state index < -0.39 is 20.9 Å². The molecule has 0 aliphatic carbocycles. The molecule has 0 spiro atoms. The Balaban J connectivity index is 1.73. The summed E-state index contributed by atoms with van der Waals surface area (Å²) < 4.78 is 33.5. The molecule has 0 bridgehead atoms. The number of halogens is 2. The fraction of sp³-hybridized carbons (Fsp3) is 0.375. The third-order valence-electron chi connectivity index (χ3n) is 4.31. The van der Waals surface area contributed by atoms with Gasteiger partial charge in [0.05, 0.1) is 40.3 Å². The first-order valence-electron chi connectivity index (χ1n) is 8.72. The summed E-state index contributed by atoms with van der Waals surface area (Å²) in [6.45, 7) is 1.15. The van der Waals surface area contributed by atoms with Crippen LogP contribution in [0.25, 0.3) is 0 Å². The van der Waals surface area contributed by atoms with Crippen LogP contribution in [0.3, 0.4) is 0 Å². The molecule has 2 aromatic rings. The minimum absolute atomic E-state index is 0.00634. The van der Waals surface area contributed by atoms with Crippen molar-refractivity contribution in [2.45, 2.75) is 11.4 Å². The second-order valence-corrected chi connectivity index (χ2v) is 8.97. The van der Waals surface area contributed by atoms with Crippen molar-refractivity contribution in [1.29, 1.82) is 0 Å². The van der Waals surface area contributed by atoms with E-state index in [1.54, 1.807) is 0 Å². The number of carbonyl (C=O) groups excluding carboxylic acids is 1. The quantitative estimate of drug-likeness (QED) is 0.471. The first-order chi connectivity index (χ1) is 14.2. The molecule has 14 heteroatoms. The smallest absolute Gasteiger partial charge is 0.306 e. The fourth-order valence-corrected chi connectivity index (χ4v) is 5.02. The summed E-state index contributed by atoms with van der Waals surface area (Å²) in [7, 11) is -3.93. The van der Waals surface area contributed by atoms with Crippen LogP contribution in [-0.4, -0.2) is 66.2 Å². The molecule has 3 rings (SSSR count). The summed E-state index contributed by atoms with van der Waals surface area (Å²) in [5, 5.41) is 17.0. The van der Waals surface area contributed by atoms with E-state index >= 15 is 0 Å². The average Bonchev–Trinajstić information content (AvgIpc) is 3.17. The largest absolute Gasteiger partial charge is 0.379 e. The van der Waals surface area contributed by atoms with Gasteiger partial charge in [-0.15, -0.1) is 0 Å². The van der Waals surface area contributed by atoms with Crippen LogP contribution in [0, 0.1) is 10.1 Å². The number of aromatic nitrogens is 2. The number of benzene rings is 1. The summed E-state index contributed by atoms with van der Waals surface area (Å²) in [5.74, 6) is -0.614. The van der Waals surface area contributed by atoms with Crippen LogP contribution in [-0.2, 0) is 21.3 Å². The standard InChI is InChI=1S/C16H17Cl2N5O6S/c17-13-8-14(18)15(30(27,28)22-3-5-29-6-4-22)7-12(13)16(24)19-1-2-21-10-11(9-20-21)23(25)26/h7-10H,1-6H2,(H,19,24). The number of sulfonamides is 1. The number of hydrogen-bond donors (Lipinski definition) is 1. The molecule has 30 heavy (non-hydrogen) atoms. The lowest BCUT2D eigenvalue weighted by Crippen LogP contribution is -2.40. The zero-order valence-electron chi connectivity index (χ0n) is 15.5. The van der Waals surface area contributed by atoms with Gasteiger partial charge in [0.15, 0.2) is 0 Å². The molecule has 1 aliphatic heterocycles. The van der Waals surface area contributed by atoms with Crippen molar-refractivity contribution >= 4 is 44.8 Å². The Morgan fingerprint density at radius 2 is 1.97 bits per heavy atom. The van der Waals surface area contributed by atoms with Gasteiger partial charge in [-0.2, -0.15) is 9.40 Å². The molecule has 0 atom stereocenters. The number of nitro groups is 1. The maximum absolute atomic E-state index is 12.9. The first-order valence-corrected chi connectivity index (χ1v) is 10.9. The number of carbonyl (C=O) groups is 1. The number of nitrogens with zero attached hydrogens (tertiary/aromatic N) is 4. The predicted molar refractivity (Wildman–Crippen MR) is 107 cm³/mol. The highest BCUT2D eigenvalue weighted by atomic mass is 35.5. The third kappa shape index (κ3) is 4.90. The molecule has 1 saturated heterocycles. The number of morpholine rings is 1. The molecular weight excluding hydrogens is 461 g/mol. The normalized spacial score (nSPS) is 15.1. The Kier molecular flexibility index (Phi) is 6.93. The molecule has 1 N–H and O–H groups in total. The third-order valence-corrected chi connectivity index (χ3v) is 6.99. The first kappa shape index (κ1) is 22.4. The van der Waals surface area contributed by atoms with Gasteiger partial charge >= 0.3 is 5.69 Å². The molecule has 0 unspecified atom stereocenters. The molecular formula is C16H17Cl2N5O6S. The fourth-order valence-electron chi connectivity index (χ4n) is 2.78. The zero-order chi connectivity index (χ0) is 21.9. The van der Waals surface area contributed by atoms with E-state index in [-0.39, 0.29) is 65.6 Å². The van der Waals surface area contributed by atoms with E-state index in [4.69, 9.17) is 27.9 Å². The van der Waals surface area contributed by atoms with Gasteiger partial charge < -0.3 is 10.1 Å². The van der Waals surface area contributed by atoms with Crippen molar-refractivity contribution in [2.75, 3.05) is 32.8 Å². The van der Waals surface area contributed by atoms with Crippen molar-refractivity contribution < 1.29 is 22.9 Å². The summed E-state index contributed by atoms with van der Waals surface area (Å²) in [6, 6.07) is 2.35. The molecule has 1 aliphatic rings. The van der Waals surface area contributed by atoms with Gasteiger partial charge in [-0.1, -0.05) is 23.2 Å². The Morgan fingerprint density at radius 1 is 1.27 bits per heavy atom. The number of ether oxygens (including phenoxy) is 1. The van der Waals surface area contributed by atoms with Crippen molar-refractivity contribution in [1.82, 2.24) is 19.4 Å². The van der Waals surface area contributed by atoms with Gasteiger partial charge in [0.25, 0.3) is 5.91 Å². The van der Waals surface area contributed by atoms with Crippen LogP contribution in [0.4, 0.5) is 5.69 Å². The molecule has 11 nitrogen and oxygen atoms in total. The van der Waals surface area contributed by atoms with Gasteiger partial charge in [-0.25, -0.2) is 8.42 Å².